The maximum absolute atomic E-state index is 11.4. The van der Waals surface area contributed by atoms with E-state index < -0.39 is 5.97 Å². The Bertz CT molecular complexity index is 1330. The fourth-order valence-corrected chi connectivity index (χ4v) is 12.4. The minimum atomic E-state index is -0.848. The van der Waals surface area contributed by atoms with Gasteiger partial charge >= 0.3 is 5.97 Å². The summed E-state index contributed by atoms with van der Waals surface area (Å²) >= 11 is 1.84. The van der Waals surface area contributed by atoms with E-state index in [1.807, 2.05) is 44.9 Å². The number of nitrogens with one attached hydrogen (secondary N) is 2. The highest BCUT2D eigenvalue weighted by Gasteiger charge is 2.65. The number of aromatic carboxylic acids is 1. The number of benzene rings is 1. The summed E-state index contributed by atoms with van der Waals surface area (Å²) in [6.07, 6.45) is 42.0. The quantitative estimate of drug-likeness (QED) is 0.108. The first-order valence-electron chi connectivity index (χ1n) is 19.7. The van der Waals surface area contributed by atoms with E-state index in [9.17, 15) is 9.90 Å². The molecule has 4 nitrogen and oxygen atoms in total. The highest BCUT2D eigenvalue weighted by Crippen LogP contribution is 2.72. The lowest BCUT2D eigenvalue weighted by Gasteiger charge is -2.68. The normalized spacial score (nSPS) is 32.8. The first-order valence-corrected chi connectivity index (χ1v) is 20.7. The van der Waals surface area contributed by atoms with Crippen molar-refractivity contribution in [1.82, 2.24) is 10.0 Å². The van der Waals surface area contributed by atoms with Gasteiger partial charge < -0.3 is 10.4 Å². The van der Waals surface area contributed by atoms with Crippen molar-refractivity contribution in [2.24, 2.45) is 45.8 Å². The number of carbonyl (C=O) groups is 1. The zero-order valence-corrected chi connectivity index (χ0v) is 34.8. The second-order valence-electron chi connectivity index (χ2n) is 15.8. The topological polar surface area (TPSA) is 61.4 Å². The van der Waals surface area contributed by atoms with Crippen LogP contribution in [-0.4, -0.2) is 35.5 Å². The maximum Gasteiger partial charge on any atom is 0.335 e. The highest BCUT2D eigenvalue weighted by molar-refractivity contribution is 7.97. The van der Waals surface area contributed by atoms with Gasteiger partial charge in [-0.2, -0.15) is 0 Å². The first kappa shape index (κ1) is 47.1. The van der Waals surface area contributed by atoms with Crippen LogP contribution in [0.25, 0.3) is 5.57 Å². The van der Waals surface area contributed by atoms with Crippen molar-refractivity contribution in [2.75, 3.05) is 18.8 Å². The zero-order valence-electron chi connectivity index (χ0n) is 34.0. The number of fused-ring (bicyclic) bond motifs is 7. The third kappa shape index (κ3) is 9.43. The molecule has 0 radical (unpaired) electrons. The fraction of sp³-hybridized carbons (Fsp3) is 0.638. The van der Waals surface area contributed by atoms with Gasteiger partial charge in [0.25, 0.3) is 0 Å². The van der Waals surface area contributed by atoms with Gasteiger partial charge in [0.05, 0.1) is 5.56 Å². The van der Waals surface area contributed by atoms with Crippen molar-refractivity contribution >= 4 is 23.5 Å². The Morgan fingerprint density at radius 1 is 0.865 bits per heavy atom. The molecule has 6 rings (SSSR count). The lowest BCUT2D eigenvalue weighted by atomic mass is 9.37. The Kier molecular flexibility index (Phi) is 19.7. The van der Waals surface area contributed by atoms with Gasteiger partial charge in [0.2, 0.25) is 0 Å². The number of hydrogen-bond donors (Lipinski definition) is 3. The van der Waals surface area contributed by atoms with Crippen molar-refractivity contribution in [3.05, 3.63) is 54.1 Å². The van der Waals surface area contributed by atoms with Crippen LogP contribution in [0.1, 0.15) is 136 Å². The number of hydrogen-bond acceptors (Lipinski definition) is 4. The van der Waals surface area contributed by atoms with Gasteiger partial charge in [-0.05, 0) is 134 Å². The number of terminal acetylenes is 3. The lowest BCUT2D eigenvalue weighted by molar-refractivity contribution is -0.172. The minimum absolute atomic E-state index is 0.0805. The molecule has 5 aliphatic carbocycles. The molecule has 0 aromatic heterocycles. The summed E-state index contributed by atoms with van der Waals surface area (Å²) < 4.78 is 3.53. The third-order valence-corrected chi connectivity index (χ3v) is 14.2. The molecule has 0 aliphatic heterocycles. The molecule has 288 valence electrons. The van der Waals surface area contributed by atoms with E-state index in [4.69, 9.17) is 0 Å². The summed E-state index contributed by atoms with van der Waals surface area (Å²) in [5.41, 5.74) is 4.27. The number of carboxylic acid groups (broad SMARTS) is 1. The summed E-state index contributed by atoms with van der Waals surface area (Å²) in [6.45, 7) is 24.0. The fourth-order valence-electron chi connectivity index (χ4n) is 11.9. The predicted molar refractivity (Wildman–Crippen MR) is 229 cm³/mol. The maximum atomic E-state index is 11.4. The summed E-state index contributed by atoms with van der Waals surface area (Å²) in [5.74, 6) is 4.37. The molecule has 0 amide bonds. The average molecular weight is 729 g/mol. The Hall–Kier alpha value is -2.88. The van der Waals surface area contributed by atoms with Crippen molar-refractivity contribution in [3.8, 4) is 38.5 Å². The largest absolute Gasteiger partial charge is 0.478 e. The van der Waals surface area contributed by atoms with Crippen LogP contribution in [0.5, 0.6) is 0 Å². The molecule has 4 fully saturated rings. The van der Waals surface area contributed by atoms with E-state index in [1.54, 1.807) is 18.2 Å². The van der Waals surface area contributed by atoms with Crippen LogP contribution < -0.4 is 10.0 Å². The van der Waals surface area contributed by atoms with E-state index >= 15 is 0 Å². The SMILES string of the molecule is C#C.C#C.C#C.C=CC.CC.CCSNCCN[C@]12CCCC1[C@H]1CCC3[C@@](C)(CCC4C(C)(C)C(c5ccc(C(=O)O)cc5)=CC[C@@]43C)C1CC2. The Balaban J connectivity index is 0.00000112. The summed E-state index contributed by atoms with van der Waals surface area (Å²) in [7, 11) is 0. The molecule has 5 aliphatic rings. The minimum Gasteiger partial charge on any atom is -0.478 e. The van der Waals surface area contributed by atoms with Crippen molar-refractivity contribution in [1.29, 1.82) is 0 Å². The van der Waals surface area contributed by atoms with Crippen LogP contribution in [0.3, 0.4) is 0 Å². The summed E-state index contributed by atoms with van der Waals surface area (Å²) in [4.78, 5) is 11.4. The van der Waals surface area contributed by atoms with Gasteiger partial charge in [0.1, 0.15) is 0 Å². The molecule has 1 aromatic rings. The van der Waals surface area contributed by atoms with Gasteiger partial charge in [-0.15, -0.1) is 45.1 Å². The van der Waals surface area contributed by atoms with Crippen LogP contribution in [-0.2, 0) is 0 Å². The van der Waals surface area contributed by atoms with Crippen LogP contribution in [0.15, 0.2) is 43.0 Å². The van der Waals surface area contributed by atoms with Gasteiger partial charge in [0.15, 0.2) is 0 Å². The molecular weight excluding hydrogens is 657 g/mol. The van der Waals surface area contributed by atoms with E-state index in [1.165, 1.54) is 68.9 Å². The van der Waals surface area contributed by atoms with Gasteiger partial charge in [-0.25, -0.2) is 4.79 Å². The monoisotopic (exact) mass is 729 g/mol. The van der Waals surface area contributed by atoms with Gasteiger partial charge in [-0.3, -0.25) is 4.72 Å². The molecule has 4 saturated carbocycles. The molecule has 52 heavy (non-hydrogen) atoms. The van der Waals surface area contributed by atoms with E-state index in [0.29, 0.717) is 27.9 Å². The van der Waals surface area contributed by atoms with E-state index in [-0.39, 0.29) is 5.41 Å². The molecule has 0 spiro atoms. The lowest BCUT2D eigenvalue weighted by Crippen LogP contribution is -2.63. The number of rotatable bonds is 8. The van der Waals surface area contributed by atoms with Crippen LogP contribution >= 0.6 is 11.9 Å². The Labute approximate surface area is 324 Å². The molecular formula is C47H72N2O2S. The predicted octanol–water partition coefficient (Wildman–Crippen LogP) is 11.4. The van der Waals surface area contributed by atoms with E-state index in [0.717, 1.165) is 48.9 Å². The highest BCUT2D eigenvalue weighted by atomic mass is 32.2. The molecule has 1 aromatic carbocycles. The molecule has 8 atom stereocenters. The van der Waals surface area contributed by atoms with Crippen LogP contribution in [0, 0.1) is 84.4 Å². The number of allylic oxidation sites excluding steroid dienone is 3. The van der Waals surface area contributed by atoms with Crippen molar-refractivity contribution in [3.63, 3.8) is 0 Å². The van der Waals surface area contributed by atoms with Crippen molar-refractivity contribution < 1.29 is 9.90 Å². The van der Waals surface area contributed by atoms with Gasteiger partial charge in [-0.1, -0.05) is 91.1 Å². The molecule has 4 unspecified atom stereocenters. The van der Waals surface area contributed by atoms with Gasteiger partial charge in [0, 0.05) is 24.4 Å². The smallest absolute Gasteiger partial charge is 0.335 e. The molecule has 0 saturated heterocycles. The van der Waals surface area contributed by atoms with E-state index in [2.05, 4.69) is 95.9 Å². The van der Waals surface area contributed by atoms with Crippen LogP contribution in [0.2, 0.25) is 0 Å². The second kappa shape index (κ2) is 21.7. The average Bonchev–Trinajstić information content (AvgIpc) is 3.59. The molecule has 0 heterocycles. The molecule has 0 bridgehead atoms. The first-order chi connectivity index (χ1) is 25.0. The summed E-state index contributed by atoms with van der Waals surface area (Å²) in [5, 5.41) is 13.6. The summed E-state index contributed by atoms with van der Waals surface area (Å²) in [6, 6.07) is 7.65. The Morgan fingerprint density at radius 3 is 2.06 bits per heavy atom. The zero-order chi connectivity index (χ0) is 39.8. The van der Waals surface area contributed by atoms with Crippen molar-refractivity contribution in [2.45, 2.75) is 125 Å². The van der Waals surface area contributed by atoms with Crippen LogP contribution in [0.4, 0.5) is 0 Å². The third-order valence-electron chi connectivity index (χ3n) is 13.5. The standard InChI is InChI=1S/C36H54N2O2S.C3H6.C2H6.3C2H2/c1-6-41-38-23-22-37-36-18-7-8-29(36)26-13-14-31-34(4,28(26)16-21-36)20-17-30-33(2,3)27(15-19-35(30,31)5)24-9-11-25(12-10-24)32(39)40;1-3-2;4*1-2/h9-12,15,26,28-31,37-38H,6-8,13-14,16-23H2,1-5H3,(H,39,40);3H,1H2,2H3;1-2H3;3*1-2H/t26-,28?,29?,30?,31?,34-,35-,36-;;;;;/m0...../s1. The molecule has 5 heteroatoms. The molecule has 3 N–H and O–H groups in total. The number of carboxylic acids is 1. The second-order valence-corrected chi connectivity index (χ2v) is 16.9. The Morgan fingerprint density at radius 2 is 1.48 bits per heavy atom.